The Morgan fingerprint density at radius 2 is 1.96 bits per heavy atom. The highest BCUT2D eigenvalue weighted by Crippen LogP contribution is 2.19. The van der Waals surface area contributed by atoms with E-state index in [0.29, 0.717) is 39.3 Å². The number of benzene rings is 2. The summed E-state index contributed by atoms with van der Waals surface area (Å²) in [5, 5.41) is 7.52. The number of hydrogen-bond donors (Lipinski definition) is 1. The molecule has 0 aliphatic heterocycles. The van der Waals surface area contributed by atoms with Gasteiger partial charge in [-0.1, -0.05) is 17.7 Å². The first-order valence-electron chi connectivity index (χ1n) is 8.56. The number of fused-ring (bicyclic) bond motifs is 1. The topological polar surface area (TPSA) is 90.3 Å². The fourth-order valence-corrected chi connectivity index (χ4v) is 3.04. The largest absolute Gasteiger partial charge is 0.465 e. The Bertz CT molecular complexity index is 1150. The number of nitrogens with zero attached hydrogens (tertiary/aromatic N) is 2. The average molecular weight is 400 g/mol. The lowest BCUT2D eigenvalue weighted by Gasteiger charge is -2.12. The van der Waals surface area contributed by atoms with Crippen LogP contribution in [-0.2, 0) is 11.3 Å². The van der Waals surface area contributed by atoms with E-state index in [1.165, 1.54) is 19.2 Å². The van der Waals surface area contributed by atoms with Gasteiger partial charge in [0.05, 0.1) is 23.6 Å². The second-order valence-corrected chi connectivity index (χ2v) is 6.57. The number of rotatable bonds is 4. The molecular formula is C20H18ClN3O4. The monoisotopic (exact) mass is 399 g/mol. The van der Waals surface area contributed by atoms with Gasteiger partial charge >= 0.3 is 5.97 Å². The molecule has 3 rings (SSSR count). The maximum absolute atomic E-state index is 12.8. The highest BCUT2D eigenvalue weighted by atomic mass is 35.5. The molecule has 0 aliphatic carbocycles. The maximum Gasteiger partial charge on any atom is 0.338 e. The van der Waals surface area contributed by atoms with Crippen LogP contribution < -0.4 is 10.7 Å². The van der Waals surface area contributed by atoms with Gasteiger partial charge in [-0.2, -0.15) is 5.10 Å². The van der Waals surface area contributed by atoms with E-state index in [1.54, 1.807) is 35.9 Å². The van der Waals surface area contributed by atoms with E-state index in [0.717, 1.165) is 0 Å². The Morgan fingerprint density at radius 3 is 2.64 bits per heavy atom. The van der Waals surface area contributed by atoms with Crippen molar-refractivity contribution in [3.63, 3.8) is 0 Å². The third kappa shape index (κ3) is 3.61. The van der Waals surface area contributed by atoms with Gasteiger partial charge < -0.3 is 10.1 Å². The van der Waals surface area contributed by atoms with Gasteiger partial charge in [0.25, 0.3) is 5.91 Å². The zero-order valence-electron chi connectivity index (χ0n) is 15.6. The summed E-state index contributed by atoms with van der Waals surface area (Å²) in [6.45, 7) is 4.08. The van der Waals surface area contributed by atoms with Crippen molar-refractivity contribution in [2.45, 2.75) is 20.4 Å². The molecule has 144 valence electrons. The fraction of sp³-hybridized carbons (Fsp3) is 0.200. The molecule has 0 saturated heterocycles. The summed E-state index contributed by atoms with van der Waals surface area (Å²) in [6.07, 6.45) is 0. The van der Waals surface area contributed by atoms with Gasteiger partial charge in [0.1, 0.15) is 0 Å². The SMILES string of the molecule is CCn1nc(C(=O)Nc2ccc(C)c(C(=O)OC)c2)c(=O)c2cc(Cl)ccc21. The van der Waals surface area contributed by atoms with Gasteiger partial charge in [-0.3, -0.25) is 14.3 Å². The van der Waals surface area contributed by atoms with Crippen LogP contribution in [0.2, 0.25) is 5.02 Å². The van der Waals surface area contributed by atoms with Crippen molar-refractivity contribution in [2.24, 2.45) is 0 Å². The Labute approximate surface area is 165 Å². The first-order valence-corrected chi connectivity index (χ1v) is 8.94. The number of halogens is 1. The lowest BCUT2D eigenvalue weighted by Crippen LogP contribution is -2.27. The average Bonchev–Trinajstić information content (AvgIpc) is 2.69. The predicted molar refractivity (Wildman–Crippen MR) is 107 cm³/mol. The number of amides is 1. The van der Waals surface area contributed by atoms with Crippen molar-refractivity contribution < 1.29 is 14.3 Å². The number of carbonyl (C=O) groups excluding carboxylic acids is 2. The van der Waals surface area contributed by atoms with Gasteiger partial charge in [-0.25, -0.2) is 4.79 Å². The summed E-state index contributed by atoms with van der Waals surface area (Å²) in [5.74, 6) is -1.19. The van der Waals surface area contributed by atoms with Crippen LogP contribution in [0, 0.1) is 6.92 Å². The van der Waals surface area contributed by atoms with E-state index < -0.39 is 17.3 Å². The van der Waals surface area contributed by atoms with E-state index in [-0.39, 0.29) is 5.69 Å². The van der Waals surface area contributed by atoms with Crippen LogP contribution in [0.15, 0.2) is 41.2 Å². The summed E-state index contributed by atoms with van der Waals surface area (Å²) >= 11 is 6.01. The fourth-order valence-electron chi connectivity index (χ4n) is 2.87. The van der Waals surface area contributed by atoms with Crippen LogP contribution >= 0.6 is 11.6 Å². The maximum atomic E-state index is 12.8. The van der Waals surface area contributed by atoms with E-state index in [2.05, 4.69) is 10.4 Å². The van der Waals surface area contributed by atoms with Gasteiger partial charge in [0, 0.05) is 17.3 Å². The molecule has 3 aromatic rings. The summed E-state index contributed by atoms with van der Waals surface area (Å²) in [7, 11) is 1.28. The highest BCUT2D eigenvalue weighted by Gasteiger charge is 2.19. The number of methoxy groups -OCH3 is 1. The van der Waals surface area contributed by atoms with E-state index in [9.17, 15) is 14.4 Å². The van der Waals surface area contributed by atoms with Gasteiger partial charge in [0.2, 0.25) is 5.43 Å². The smallest absolute Gasteiger partial charge is 0.338 e. The minimum absolute atomic E-state index is 0.253. The minimum Gasteiger partial charge on any atom is -0.465 e. The molecule has 1 N–H and O–H groups in total. The van der Waals surface area contributed by atoms with Gasteiger partial charge in [-0.05, 0) is 49.7 Å². The lowest BCUT2D eigenvalue weighted by atomic mass is 10.1. The normalized spacial score (nSPS) is 10.7. The second kappa shape index (κ2) is 7.82. The third-order valence-corrected chi connectivity index (χ3v) is 4.57. The minimum atomic E-state index is -0.672. The van der Waals surface area contributed by atoms with Crippen LogP contribution in [0.5, 0.6) is 0 Å². The molecule has 2 aromatic carbocycles. The van der Waals surface area contributed by atoms with Crippen molar-refractivity contribution in [3.8, 4) is 0 Å². The van der Waals surface area contributed by atoms with Crippen molar-refractivity contribution in [2.75, 3.05) is 12.4 Å². The molecule has 0 unspecified atom stereocenters. The van der Waals surface area contributed by atoms with Crippen molar-refractivity contribution in [1.29, 1.82) is 0 Å². The first-order chi connectivity index (χ1) is 13.3. The predicted octanol–water partition coefficient (Wildman–Crippen LogP) is 3.42. The standard InChI is InChI=1S/C20H18ClN3O4/c1-4-24-16-8-6-12(21)9-15(16)18(25)17(23-24)19(26)22-13-7-5-11(2)14(10-13)20(27)28-3/h5-10H,4H2,1-3H3,(H,22,26). The Hall–Kier alpha value is -3.19. The molecule has 0 radical (unpaired) electrons. The van der Waals surface area contributed by atoms with Crippen LogP contribution in [0.3, 0.4) is 0 Å². The van der Waals surface area contributed by atoms with E-state index >= 15 is 0 Å². The number of anilines is 1. The number of aryl methyl sites for hydroxylation is 2. The molecule has 1 aromatic heterocycles. The summed E-state index contributed by atoms with van der Waals surface area (Å²) in [6, 6.07) is 9.69. The Balaban J connectivity index is 2.04. The Morgan fingerprint density at radius 1 is 1.21 bits per heavy atom. The van der Waals surface area contributed by atoms with E-state index in [1.807, 2.05) is 6.92 Å². The van der Waals surface area contributed by atoms with Crippen molar-refractivity contribution >= 4 is 40.1 Å². The number of ether oxygens (including phenoxy) is 1. The van der Waals surface area contributed by atoms with Gasteiger partial charge in [-0.15, -0.1) is 0 Å². The molecule has 0 aliphatic rings. The molecule has 0 bridgehead atoms. The lowest BCUT2D eigenvalue weighted by molar-refractivity contribution is 0.0599. The molecule has 8 heteroatoms. The van der Waals surface area contributed by atoms with Crippen LogP contribution in [-0.4, -0.2) is 28.8 Å². The number of nitrogens with one attached hydrogen (secondary N) is 1. The van der Waals surface area contributed by atoms with Crippen LogP contribution in [0.4, 0.5) is 5.69 Å². The van der Waals surface area contributed by atoms with Crippen molar-refractivity contribution in [1.82, 2.24) is 9.78 Å². The van der Waals surface area contributed by atoms with Gasteiger partial charge in [0.15, 0.2) is 5.69 Å². The third-order valence-electron chi connectivity index (χ3n) is 4.33. The zero-order chi connectivity index (χ0) is 20.4. The Kier molecular flexibility index (Phi) is 5.46. The molecule has 1 heterocycles. The molecule has 0 fully saturated rings. The summed E-state index contributed by atoms with van der Waals surface area (Å²) in [4.78, 5) is 37.4. The summed E-state index contributed by atoms with van der Waals surface area (Å²) < 4.78 is 6.31. The first kappa shape index (κ1) is 19.6. The molecular weight excluding hydrogens is 382 g/mol. The quantitative estimate of drug-likeness (QED) is 0.679. The van der Waals surface area contributed by atoms with Crippen LogP contribution in [0.1, 0.15) is 33.3 Å². The summed E-state index contributed by atoms with van der Waals surface area (Å²) in [5.41, 5.74) is 1.21. The van der Waals surface area contributed by atoms with Crippen LogP contribution in [0.25, 0.3) is 10.9 Å². The second-order valence-electron chi connectivity index (χ2n) is 6.13. The molecule has 0 atom stereocenters. The molecule has 1 amide bonds. The molecule has 0 spiro atoms. The number of esters is 1. The van der Waals surface area contributed by atoms with E-state index in [4.69, 9.17) is 16.3 Å². The number of hydrogen-bond acceptors (Lipinski definition) is 5. The van der Waals surface area contributed by atoms with Crippen molar-refractivity contribution in [3.05, 3.63) is 68.5 Å². The highest BCUT2D eigenvalue weighted by molar-refractivity contribution is 6.31. The molecule has 0 saturated carbocycles. The number of carbonyl (C=O) groups is 2. The number of aromatic nitrogens is 2. The zero-order valence-corrected chi connectivity index (χ0v) is 16.3. The molecule has 28 heavy (non-hydrogen) atoms. The molecule has 7 nitrogen and oxygen atoms in total.